The SMILES string of the molecule is COC(=O)CS[C@H]1NC(=O)[C@@H]1[C@@H](C)O[Si](C)(C)C(C)(C)C. The molecular formula is C14H27NO4SSi. The molecule has 3 atom stereocenters. The van der Waals surface area contributed by atoms with Gasteiger partial charge in [0.1, 0.15) is 0 Å². The van der Waals surface area contributed by atoms with E-state index in [4.69, 9.17) is 4.43 Å². The molecule has 1 N–H and O–H groups in total. The number of thioether (sulfide) groups is 1. The first kappa shape index (κ1) is 18.5. The predicted octanol–water partition coefficient (Wildman–Crippen LogP) is 2.38. The topological polar surface area (TPSA) is 64.6 Å². The molecule has 122 valence electrons. The van der Waals surface area contributed by atoms with Gasteiger partial charge in [-0.2, -0.15) is 0 Å². The molecular weight excluding hydrogens is 306 g/mol. The largest absolute Gasteiger partial charge is 0.468 e. The minimum Gasteiger partial charge on any atom is -0.468 e. The highest BCUT2D eigenvalue weighted by atomic mass is 32.2. The minimum absolute atomic E-state index is 0.00331. The smallest absolute Gasteiger partial charge is 0.315 e. The Morgan fingerprint density at radius 1 is 1.43 bits per heavy atom. The first-order valence-electron chi connectivity index (χ1n) is 7.16. The first-order chi connectivity index (χ1) is 9.49. The second-order valence-electron chi connectivity index (χ2n) is 6.93. The third-order valence-electron chi connectivity index (χ3n) is 4.31. The monoisotopic (exact) mass is 333 g/mol. The van der Waals surface area contributed by atoms with Crippen molar-refractivity contribution in [2.75, 3.05) is 12.9 Å². The van der Waals surface area contributed by atoms with Gasteiger partial charge in [0.15, 0.2) is 8.32 Å². The third kappa shape index (κ3) is 4.47. The molecule has 5 nitrogen and oxygen atoms in total. The Morgan fingerprint density at radius 2 is 2.00 bits per heavy atom. The lowest BCUT2D eigenvalue weighted by atomic mass is 9.96. The van der Waals surface area contributed by atoms with Crippen LogP contribution >= 0.6 is 11.8 Å². The van der Waals surface area contributed by atoms with E-state index in [1.807, 2.05) is 6.92 Å². The first-order valence-corrected chi connectivity index (χ1v) is 11.1. The number of β-lactam (4-membered cyclic amide) rings is 1. The molecule has 21 heavy (non-hydrogen) atoms. The van der Waals surface area contributed by atoms with Crippen LogP contribution in [0.5, 0.6) is 0 Å². The fraction of sp³-hybridized carbons (Fsp3) is 0.857. The van der Waals surface area contributed by atoms with E-state index in [2.05, 4.69) is 43.9 Å². The maximum Gasteiger partial charge on any atom is 0.315 e. The van der Waals surface area contributed by atoms with Crippen molar-refractivity contribution in [2.45, 2.75) is 57.3 Å². The van der Waals surface area contributed by atoms with E-state index in [0.29, 0.717) is 0 Å². The molecule has 0 spiro atoms. The van der Waals surface area contributed by atoms with Gasteiger partial charge in [-0.05, 0) is 25.1 Å². The van der Waals surface area contributed by atoms with Crippen LogP contribution in [-0.2, 0) is 18.8 Å². The summed E-state index contributed by atoms with van der Waals surface area (Å²) in [5.74, 6) is -0.236. The number of ether oxygens (including phenoxy) is 1. The molecule has 1 rings (SSSR count). The van der Waals surface area contributed by atoms with Crippen molar-refractivity contribution in [3.8, 4) is 0 Å². The molecule has 0 aliphatic carbocycles. The lowest BCUT2D eigenvalue weighted by molar-refractivity contribution is -0.138. The van der Waals surface area contributed by atoms with Crippen LogP contribution in [0.25, 0.3) is 0 Å². The summed E-state index contributed by atoms with van der Waals surface area (Å²) >= 11 is 1.40. The Balaban J connectivity index is 2.61. The van der Waals surface area contributed by atoms with Crippen molar-refractivity contribution in [3.63, 3.8) is 0 Å². The van der Waals surface area contributed by atoms with Gasteiger partial charge in [0.2, 0.25) is 5.91 Å². The van der Waals surface area contributed by atoms with Crippen molar-refractivity contribution in [1.29, 1.82) is 0 Å². The summed E-state index contributed by atoms with van der Waals surface area (Å²) in [7, 11) is -0.541. The average molecular weight is 334 g/mol. The van der Waals surface area contributed by atoms with Gasteiger partial charge in [-0.25, -0.2) is 0 Å². The molecule has 0 aromatic heterocycles. The van der Waals surface area contributed by atoms with Gasteiger partial charge >= 0.3 is 5.97 Å². The predicted molar refractivity (Wildman–Crippen MR) is 87.6 cm³/mol. The normalized spacial score (nSPS) is 24.0. The summed E-state index contributed by atoms with van der Waals surface area (Å²) in [5.41, 5.74) is 0. The van der Waals surface area contributed by atoms with Gasteiger partial charge in [-0.15, -0.1) is 11.8 Å². The van der Waals surface area contributed by atoms with Gasteiger partial charge in [-0.1, -0.05) is 20.8 Å². The zero-order valence-corrected chi connectivity index (χ0v) is 15.8. The van der Waals surface area contributed by atoms with Crippen molar-refractivity contribution in [2.24, 2.45) is 5.92 Å². The maximum absolute atomic E-state index is 11.8. The molecule has 0 aromatic rings. The highest BCUT2D eigenvalue weighted by Crippen LogP contribution is 2.39. The fourth-order valence-corrected chi connectivity index (χ4v) is 4.52. The molecule has 1 aliphatic rings. The molecule has 1 saturated heterocycles. The standard InChI is InChI=1S/C14H27NO4SSi/c1-9(19-21(6,7)14(2,3)4)11-12(17)15-13(11)20-8-10(16)18-5/h9,11,13H,8H2,1-7H3,(H,15,17)/t9-,11+,13-/m1/s1. The van der Waals surface area contributed by atoms with E-state index in [9.17, 15) is 9.59 Å². The molecule has 1 amide bonds. The molecule has 0 unspecified atom stereocenters. The summed E-state index contributed by atoms with van der Waals surface area (Å²) in [6.45, 7) is 12.8. The van der Waals surface area contributed by atoms with Gasteiger partial charge in [0, 0.05) is 0 Å². The lowest BCUT2D eigenvalue weighted by Gasteiger charge is -2.45. The average Bonchev–Trinajstić information content (AvgIpc) is 2.31. The highest BCUT2D eigenvalue weighted by molar-refractivity contribution is 8.00. The number of nitrogens with one attached hydrogen (secondary N) is 1. The van der Waals surface area contributed by atoms with E-state index in [1.165, 1.54) is 18.9 Å². The summed E-state index contributed by atoms with van der Waals surface area (Å²) < 4.78 is 10.9. The Morgan fingerprint density at radius 3 is 2.43 bits per heavy atom. The molecule has 1 aliphatic heterocycles. The molecule has 0 radical (unpaired) electrons. The number of hydrogen-bond donors (Lipinski definition) is 1. The number of amides is 1. The second kappa shape index (κ2) is 6.70. The number of carbonyl (C=O) groups excluding carboxylic acids is 2. The molecule has 7 heteroatoms. The summed E-state index contributed by atoms with van der Waals surface area (Å²) in [5, 5.41) is 2.86. The van der Waals surface area contributed by atoms with Gasteiger partial charge in [0.05, 0.1) is 30.3 Å². The van der Waals surface area contributed by atoms with Crippen LogP contribution in [0.15, 0.2) is 0 Å². The number of hydrogen-bond acceptors (Lipinski definition) is 5. The zero-order chi connectivity index (χ0) is 16.4. The van der Waals surface area contributed by atoms with Gasteiger partial charge in [0.25, 0.3) is 0 Å². The fourth-order valence-electron chi connectivity index (χ4n) is 1.90. The molecule has 1 heterocycles. The Labute approximate surface area is 132 Å². The third-order valence-corrected chi connectivity index (χ3v) is 10.1. The number of rotatable bonds is 6. The number of carbonyl (C=O) groups is 2. The maximum atomic E-state index is 11.8. The Kier molecular flexibility index (Phi) is 5.91. The zero-order valence-electron chi connectivity index (χ0n) is 14.0. The number of methoxy groups -OCH3 is 1. The van der Waals surface area contributed by atoms with E-state index in [0.717, 1.165) is 0 Å². The molecule has 0 bridgehead atoms. The van der Waals surface area contributed by atoms with Crippen LogP contribution in [0.1, 0.15) is 27.7 Å². The molecule has 0 aromatic carbocycles. The van der Waals surface area contributed by atoms with Gasteiger partial charge in [-0.3, -0.25) is 9.59 Å². The van der Waals surface area contributed by atoms with Crippen LogP contribution < -0.4 is 5.32 Å². The summed E-state index contributed by atoms with van der Waals surface area (Å²) in [6, 6.07) is 0. The summed E-state index contributed by atoms with van der Waals surface area (Å²) in [6.07, 6.45) is -0.144. The second-order valence-corrected chi connectivity index (χ2v) is 12.8. The van der Waals surface area contributed by atoms with Crippen LogP contribution in [0.2, 0.25) is 18.1 Å². The Hall–Kier alpha value is -0.533. The molecule has 0 saturated carbocycles. The van der Waals surface area contributed by atoms with E-state index in [1.54, 1.807) is 0 Å². The summed E-state index contributed by atoms with van der Waals surface area (Å²) in [4.78, 5) is 23.0. The van der Waals surface area contributed by atoms with Gasteiger partial charge < -0.3 is 14.5 Å². The van der Waals surface area contributed by atoms with Crippen molar-refractivity contribution >= 4 is 32.0 Å². The van der Waals surface area contributed by atoms with E-state index >= 15 is 0 Å². The quantitative estimate of drug-likeness (QED) is 0.459. The highest BCUT2D eigenvalue weighted by Gasteiger charge is 2.47. The van der Waals surface area contributed by atoms with Crippen LogP contribution in [0.3, 0.4) is 0 Å². The van der Waals surface area contributed by atoms with Crippen LogP contribution in [0, 0.1) is 5.92 Å². The van der Waals surface area contributed by atoms with Crippen molar-refractivity contribution in [1.82, 2.24) is 5.32 Å². The van der Waals surface area contributed by atoms with E-state index < -0.39 is 8.32 Å². The van der Waals surface area contributed by atoms with Crippen LogP contribution in [0.4, 0.5) is 0 Å². The van der Waals surface area contributed by atoms with Crippen molar-refractivity contribution in [3.05, 3.63) is 0 Å². The van der Waals surface area contributed by atoms with Crippen LogP contribution in [-0.4, -0.2) is 44.5 Å². The Bertz CT molecular complexity index is 408. The van der Waals surface area contributed by atoms with Crippen molar-refractivity contribution < 1.29 is 18.8 Å². The minimum atomic E-state index is -1.90. The molecule has 1 fully saturated rings. The number of esters is 1. The lowest BCUT2D eigenvalue weighted by Crippen LogP contribution is -2.62. The van der Waals surface area contributed by atoms with E-state index in [-0.39, 0.29) is 40.1 Å².